The molecule has 76 heavy (non-hydrogen) atoms. The van der Waals surface area contributed by atoms with Gasteiger partial charge in [0, 0.05) is 52.3 Å². The molecule has 1 aromatic carbocycles. The van der Waals surface area contributed by atoms with Crippen molar-refractivity contribution in [3.63, 3.8) is 0 Å². The number of amides is 5. The summed E-state index contributed by atoms with van der Waals surface area (Å²) in [7, 11) is 2.88. The van der Waals surface area contributed by atoms with Crippen LogP contribution in [0.2, 0.25) is 0 Å². The van der Waals surface area contributed by atoms with Gasteiger partial charge < -0.3 is 36.2 Å². The van der Waals surface area contributed by atoms with Crippen molar-refractivity contribution in [3.05, 3.63) is 125 Å². The molecule has 8 aromatic heterocycles. The number of aromatic nitrogens is 9. The van der Waals surface area contributed by atoms with Crippen LogP contribution in [-0.4, -0.2) is 111 Å². The fraction of sp³-hybridized carbons (Fsp3) is 0.191. The van der Waals surface area contributed by atoms with Crippen LogP contribution in [-0.2, 0) is 20.9 Å². The van der Waals surface area contributed by atoms with Crippen molar-refractivity contribution in [2.75, 3.05) is 26.0 Å². The molecule has 0 fully saturated rings. The number of carbonyl (C=O) groups is 6. The summed E-state index contributed by atoms with van der Waals surface area (Å²) in [6.07, 6.45) is 1.20. The highest BCUT2D eigenvalue weighted by molar-refractivity contribution is 7.16. The van der Waals surface area contributed by atoms with Crippen LogP contribution >= 0.6 is 68.0 Å². The number of aryl methyl sites for hydroxylation is 1. The lowest BCUT2D eigenvalue weighted by atomic mass is 10.0. The number of aliphatic hydroxyl groups is 1. The molecule has 5 amide bonds. The highest BCUT2D eigenvalue weighted by Crippen LogP contribution is 2.40. The lowest BCUT2D eigenvalue weighted by molar-refractivity contribution is -0.122. The Kier molecular flexibility index (Phi) is 15.0. The van der Waals surface area contributed by atoms with Gasteiger partial charge in [0.25, 0.3) is 17.7 Å². The van der Waals surface area contributed by atoms with E-state index >= 15 is 0 Å². The Morgan fingerprint density at radius 2 is 1.53 bits per heavy atom. The molecule has 9 aromatic rings. The Morgan fingerprint density at radius 3 is 2.30 bits per heavy atom. The summed E-state index contributed by atoms with van der Waals surface area (Å²) in [4.78, 5) is 118. The number of hydrogen-bond donors (Lipinski definition) is 7. The number of nitrogens with zero attached hydrogens (tertiary/aromatic N) is 9. The van der Waals surface area contributed by atoms with E-state index in [1.165, 1.54) is 76.6 Å². The Bertz CT molecular complexity index is 3690. The molecule has 10 rings (SSSR count). The second-order valence-corrected chi connectivity index (χ2v) is 22.1. The number of ether oxygens (including phenoxy) is 1. The zero-order valence-electron chi connectivity index (χ0n) is 39.6. The molecule has 29 heteroatoms. The summed E-state index contributed by atoms with van der Waals surface area (Å²) in [6.45, 7) is 1.08. The number of imidazole rings is 1. The van der Waals surface area contributed by atoms with E-state index in [9.17, 15) is 39.0 Å². The first kappa shape index (κ1) is 51.6. The Morgan fingerprint density at radius 1 is 0.776 bits per heavy atom. The monoisotopic (exact) mass is 1130 g/mol. The summed E-state index contributed by atoms with van der Waals surface area (Å²) < 4.78 is 6.82. The first-order valence-electron chi connectivity index (χ1n) is 22.4. The average Bonchev–Trinajstić information content (AvgIpc) is 4.30. The minimum absolute atomic E-state index is 0.0114. The van der Waals surface area contributed by atoms with Crippen LogP contribution < -0.4 is 26.6 Å². The number of aromatic carboxylic acids is 1. The lowest BCUT2D eigenvalue weighted by Crippen LogP contribution is -2.40. The molecule has 7 N–H and O–H groups in total. The molecule has 23 nitrogen and oxygen atoms in total. The number of pyridine rings is 1. The van der Waals surface area contributed by atoms with Crippen molar-refractivity contribution in [2.45, 2.75) is 38.1 Å². The Hall–Kier alpha value is -7.90. The van der Waals surface area contributed by atoms with Gasteiger partial charge >= 0.3 is 5.97 Å². The van der Waals surface area contributed by atoms with Gasteiger partial charge in [-0.2, -0.15) is 0 Å². The fourth-order valence-electron chi connectivity index (χ4n) is 7.59. The first-order valence-corrected chi connectivity index (χ1v) is 27.6. The van der Waals surface area contributed by atoms with Crippen LogP contribution in [0.5, 0.6) is 0 Å². The third kappa shape index (κ3) is 10.9. The second kappa shape index (κ2) is 22.1. The van der Waals surface area contributed by atoms with Gasteiger partial charge in [-0.1, -0.05) is 41.7 Å². The van der Waals surface area contributed by atoms with Gasteiger partial charge in [-0.05, 0) is 24.6 Å². The SMILES string of the molecule is CNC(=O)C[C@@H]1NC(=O)c2csc(n2)-c2ccc(-c3nc(-n4cnc(C(=O)O)c4)cs3)nc2-c2csc(n2)-c2csc(n2)[C@H]([C@@H](O)c2ccccc2)NC(=O)CNC(=O)c2nc(sc2COC)NC(=O)c2nc1sc2C. The molecule has 10 bridgehead atoms. The van der Waals surface area contributed by atoms with Crippen LogP contribution in [0.15, 0.2) is 76.5 Å². The number of carboxylic acids is 1. The van der Waals surface area contributed by atoms with Gasteiger partial charge in [-0.15, -0.1) is 56.7 Å². The van der Waals surface area contributed by atoms with Crippen molar-refractivity contribution in [1.29, 1.82) is 0 Å². The zero-order chi connectivity index (χ0) is 53.2. The predicted octanol–water partition coefficient (Wildman–Crippen LogP) is 6.32. The Labute approximate surface area is 453 Å². The number of nitrogens with one attached hydrogen (secondary N) is 5. The highest BCUT2D eigenvalue weighted by Gasteiger charge is 2.31. The largest absolute Gasteiger partial charge is 0.476 e. The number of carbonyl (C=O) groups excluding carboxylic acids is 5. The van der Waals surface area contributed by atoms with Crippen LogP contribution in [0.4, 0.5) is 5.13 Å². The van der Waals surface area contributed by atoms with E-state index in [0.29, 0.717) is 69.5 Å². The summed E-state index contributed by atoms with van der Waals surface area (Å²) in [5, 5.41) is 43.6. The van der Waals surface area contributed by atoms with Crippen molar-refractivity contribution in [3.8, 4) is 49.2 Å². The van der Waals surface area contributed by atoms with Gasteiger partial charge in [0.2, 0.25) is 11.8 Å². The van der Waals surface area contributed by atoms with Gasteiger partial charge in [0.15, 0.2) is 10.8 Å². The van der Waals surface area contributed by atoms with Crippen LogP contribution in [0.3, 0.4) is 0 Å². The van der Waals surface area contributed by atoms with Crippen molar-refractivity contribution < 1.29 is 43.7 Å². The minimum Gasteiger partial charge on any atom is -0.476 e. The first-order chi connectivity index (χ1) is 36.7. The molecule has 0 radical (unpaired) electrons. The van der Waals surface area contributed by atoms with E-state index in [0.717, 1.165) is 22.7 Å². The molecular weight excluding hydrogens is 1100 g/mol. The van der Waals surface area contributed by atoms with Crippen LogP contribution in [0.25, 0.3) is 49.2 Å². The lowest BCUT2D eigenvalue weighted by Gasteiger charge is -2.23. The average molecular weight is 1140 g/mol. The van der Waals surface area contributed by atoms with E-state index in [2.05, 4.69) is 41.5 Å². The number of aliphatic hydroxyl groups excluding tert-OH is 1. The number of anilines is 1. The maximum atomic E-state index is 14.1. The smallest absolute Gasteiger partial charge is 0.356 e. The van der Waals surface area contributed by atoms with Gasteiger partial charge in [0.1, 0.15) is 83.5 Å². The standard InChI is InChI=1S/C47H38N14O9S6/c1-20-33-40(67)60-47-59-35(29(76-47)14-70-3)39(66)49-12-32(63)57-36(37(64)21-7-5-4-6-8-21)45-55-28(17-73-45)43-53-26(15-72-43)34-22(9-10-23(51-34)42-56-30(18-74-42)61-13-25(46(68)69)50-19-61)41-54-27(16-71-41)38(65)52-24(11-31(62)48-2)44(58-33)75-20/h4-10,13,15-19,24,36-37,64H,11-12,14H2,1-3H3,(H,48,62)(H,49,66)(H,52,65)(H,57,63)(H,68,69)(H,59,60,67)/t24-,36-,37-/m0/s1. The number of methoxy groups -OCH3 is 1. The molecule has 0 spiro atoms. The highest BCUT2D eigenvalue weighted by atomic mass is 32.1. The molecule has 386 valence electrons. The maximum Gasteiger partial charge on any atom is 0.356 e. The van der Waals surface area contributed by atoms with Crippen molar-refractivity contribution in [2.24, 2.45) is 0 Å². The molecule has 0 saturated heterocycles. The third-order valence-corrected chi connectivity index (χ3v) is 16.8. The Balaban J connectivity index is 1.05. The second-order valence-electron chi connectivity index (χ2n) is 16.3. The van der Waals surface area contributed by atoms with E-state index < -0.39 is 60.2 Å². The quantitative estimate of drug-likeness (QED) is 0.0831. The van der Waals surface area contributed by atoms with E-state index in [4.69, 9.17) is 29.7 Å². The third-order valence-electron chi connectivity index (χ3n) is 11.3. The normalized spacial score (nSPS) is 15.6. The number of carboxylic acid groups (broad SMARTS) is 1. The maximum absolute atomic E-state index is 14.1. The van der Waals surface area contributed by atoms with E-state index in [1.807, 2.05) is 0 Å². The number of fused-ring (bicyclic) bond motifs is 14. The van der Waals surface area contributed by atoms with Gasteiger partial charge in [0.05, 0.1) is 36.2 Å². The fourth-order valence-corrected chi connectivity index (χ4v) is 12.8. The summed E-state index contributed by atoms with van der Waals surface area (Å²) in [6, 6.07) is 10.2. The number of benzene rings is 1. The summed E-state index contributed by atoms with van der Waals surface area (Å²) in [5.41, 5.74) is 2.41. The molecule has 0 aliphatic carbocycles. The van der Waals surface area contributed by atoms with Crippen LogP contribution in [0, 0.1) is 6.92 Å². The predicted molar refractivity (Wildman–Crippen MR) is 284 cm³/mol. The number of hydrogen-bond acceptors (Lipinski definition) is 22. The molecule has 0 saturated carbocycles. The molecule has 0 unspecified atom stereocenters. The summed E-state index contributed by atoms with van der Waals surface area (Å²) >= 11 is 6.97. The minimum atomic E-state index is -1.27. The van der Waals surface area contributed by atoms with E-state index in [-0.39, 0.29) is 45.9 Å². The van der Waals surface area contributed by atoms with Crippen LogP contribution in [0.1, 0.15) is 91.9 Å². The van der Waals surface area contributed by atoms with E-state index in [1.54, 1.807) is 70.9 Å². The van der Waals surface area contributed by atoms with Gasteiger partial charge in [-0.3, -0.25) is 33.9 Å². The molecule has 9 heterocycles. The van der Waals surface area contributed by atoms with Crippen molar-refractivity contribution >= 4 is 109 Å². The summed E-state index contributed by atoms with van der Waals surface area (Å²) in [5.74, 6) is -3.87. The molecule has 1 aliphatic heterocycles. The molecule has 3 atom stereocenters. The number of rotatable bonds is 9. The molecule has 1 aliphatic rings. The number of thiazole rings is 6. The topological polar surface area (TPSA) is 320 Å². The van der Waals surface area contributed by atoms with Crippen molar-refractivity contribution in [1.82, 2.24) is 65.7 Å². The van der Waals surface area contributed by atoms with Gasteiger partial charge in [-0.25, -0.2) is 44.7 Å². The zero-order valence-corrected chi connectivity index (χ0v) is 44.5. The molecular formula is C47H38N14O9S6.